The van der Waals surface area contributed by atoms with E-state index in [0.29, 0.717) is 23.7 Å². The quantitative estimate of drug-likeness (QED) is 0.839. The maximum absolute atomic E-state index is 9.87. The standard InChI is InChI=1S/C17H18N2O4/c1-5-10-8-14(20)13(19-18)9-12(10)11-6-7-15(21-2)17(23-4)16(11)22-3/h6-9H,5H2,1-4H3/p+1. The number of phenols is 1. The van der Waals surface area contributed by atoms with Crippen molar-refractivity contribution in [3.63, 3.8) is 0 Å². The molecule has 0 aromatic heterocycles. The molecule has 0 fully saturated rings. The minimum atomic E-state index is -0.0763. The van der Waals surface area contributed by atoms with Crippen molar-refractivity contribution in [1.29, 1.82) is 5.39 Å². The van der Waals surface area contributed by atoms with Crippen molar-refractivity contribution in [2.45, 2.75) is 13.3 Å². The Morgan fingerprint density at radius 3 is 2.22 bits per heavy atom. The molecule has 1 N–H and O–H groups in total. The highest BCUT2D eigenvalue weighted by molar-refractivity contribution is 5.82. The van der Waals surface area contributed by atoms with E-state index in [1.807, 2.05) is 13.0 Å². The van der Waals surface area contributed by atoms with Crippen molar-refractivity contribution in [3.8, 4) is 34.1 Å². The molecule has 0 spiro atoms. The fourth-order valence-corrected chi connectivity index (χ4v) is 2.56. The van der Waals surface area contributed by atoms with Crippen LogP contribution in [0.2, 0.25) is 0 Å². The summed E-state index contributed by atoms with van der Waals surface area (Å²) in [5, 5.41) is 18.9. The fourth-order valence-electron chi connectivity index (χ4n) is 2.56. The zero-order chi connectivity index (χ0) is 17.0. The van der Waals surface area contributed by atoms with E-state index in [4.69, 9.17) is 19.6 Å². The number of ether oxygens (including phenoxy) is 3. The van der Waals surface area contributed by atoms with Crippen molar-refractivity contribution in [3.05, 3.63) is 34.8 Å². The van der Waals surface area contributed by atoms with Gasteiger partial charge in [0.1, 0.15) is 0 Å². The third-order valence-corrected chi connectivity index (χ3v) is 3.68. The van der Waals surface area contributed by atoms with Gasteiger partial charge in [-0.15, -0.1) is 0 Å². The first-order valence-electron chi connectivity index (χ1n) is 7.11. The summed E-state index contributed by atoms with van der Waals surface area (Å²) in [6, 6.07) is 6.81. The number of nitrogens with zero attached hydrogens (tertiary/aromatic N) is 2. The van der Waals surface area contributed by atoms with Crippen LogP contribution in [-0.2, 0) is 6.42 Å². The molecule has 0 heterocycles. The van der Waals surface area contributed by atoms with E-state index < -0.39 is 0 Å². The first-order valence-corrected chi connectivity index (χ1v) is 7.11. The van der Waals surface area contributed by atoms with Crippen LogP contribution in [0.5, 0.6) is 23.0 Å². The summed E-state index contributed by atoms with van der Waals surface area (Å²) in [5.74, 6) is 1.46. The molecule has 6 heteroatoms. The number of methoxy groups -OCH3 is 3. The number of aromatic hydroxyl groups is 1. The van der Waals surface area contributed by atoms with Crippen molar-refractivity contribution in [1.82, 2.24) is 0 Å². The molecule has 120 valence electrons. The zero-order valence-corrected chi connectivity index (χ0v) is 13.6. The molecule has 2 rings (SSSR count). The molecule has 2 aromatic rings. The van der Waals surface area contributed by atoms with Crippen LogP contribution in [0.3, 0.4) is 0 Å². The lowest BCUT2D eigenvalue weighted by Crippen LogP contribution is -1.98. The Labute approximate surface area is 134 Å². The summed E-state index contributed by atoms with van der Waals surface area (Å²) in [4.78, 5) is 3.12. The van der Waals surface area contributed by atoms with Gasteiger partial charge in [-0.25, -0.2) is 0 Å². The third kappa shape index (κ3) is 2.86. The number of rotatable bonds is 5. The number of phenolic OH excluding ortho intramolecular Hbond substituents is 1. The first kappa shape index (κ1) is 16.4. The Bertz CT molecular complexity index is 766. The number of hydrogen-bond donors (Lipinski definition) is 1. The van der Waals surface area contributed by atoms with Crippen molar-refractivity contribution >= 4 is 5.69 Å². The highest BCUT2D eigenvalue weighted by Crippen LogP contribution is 2.46. The van der Waals surface area contributed by atoms with Crippen molar-refractivity contribution in [2.75, 3.05) is 21.3 Å². The van der Waals surface area contributed by atoms with Crippen LogP contribution in [0.1, 0.15) is 12.5 Å². The lowest BCUT2D eigenvalue weighted by atomic mass is 9.95. The van der Waals surface area contributed by atoms with E-state index in [0.717, 1.165) is 16.7 Å². The number of benzene rings is 2. The summed E-state index contributed by atoms with van der Waals surface area (Å²) in [5.41, 5.74) is 2.53. The summed E-state index contributed by atoms with van der Waals surface area (Å²) in [6.45, 7) is 1.97. The normalized spacial score (nSPS) is 10.0. The molecule has 0 unspecified atom stereocenters. The maximum atomic E-state index is 9.87. The second kappa shape index (κ2) is 6.88. The molecule has 0 radical (unpaired) electrons. The molecule has 0 saturated carbocycles. The molecule has 0 atom stereocenters. The second-order valence-corrected chi connectivity index (χ2v) is 4.83. The molecule has 0 bridgehead atoms. The molecule has 0 aliphatic rings. The molecule has 0 saturated heterocycles. The summed E-state index contributed by atoms with van der Waals surface area (Å²) in [7, 11) is 4.64. The predicted octanol–water partition coefficient (Wildman–Crippen LogP) is 4.13. The van der Waals surface area contributed by atoms with Gasteiger partial charge in [0.25, 0.3) is 0 Å². The Balaban J connectivity index is 2.79. The minimum absolute atomic E-state index is 0.0763. The van der Waals surface area contributed by atoms with Crippen LogP contribution < -0.4 is 14.2 Å². The second-order valence-electron chi connectivity index (χ2n) is 4.83. The molecule has 23 heavy (non-hydrogen) atoms. The summed E-state index contributed by atoms with van der Waals surface area (Å²) < 4.78 is 16.2. The van der Waals surface area contributed by atoms with Gasteiger partial charge in [-0.05, 0) is 35.7 Å². The lowest BCUT2D eigenvalue weighted by molar-refractivity contribution is 0.325. The summed E-state index contributed by atoms with van der Waals surface area (Å²) >= 11 is 0. The van der Waals surface area contributed by atoms with E-state index in [1.165, 1.54) is 7.11 Å². The smallest absolute Gasteiger partial charge is 0.426 e. The van der Waals surface area contributed by atoms with E-state index in [1.54, 1.807) is 32.4 Å². The highest BCUT2D eigenvalue weighted by atomic mass is 16.5. The molecule has 0 aliphatic carbocycles. The Kier molecular flexibility index (Phi) is 4.91. The van der Waals surface area contributed by atoms with Gasteiger partial charge in [0, 0.05) is 11.6 Å². The minimum Gasteiger partial charge on any atom is -0.501 e. The molecule has 0 aliphatic heterocycles. The number of aryl methyl sites for hydroxylation is 1. The van der Waals surface area contributed by atoms with Crippen LogP contribution in [0.15, 0.2) is 24.3 Å². The van der Waals surface area contributed by atoms with Crippen LogP contribution in [-0.4, -0.2) is 26.4 Å². The Hall–Kier alpha value is -2.94. The van der Waals surface area contributed by atoms with Gasteiger partial charge in [-0.3, -0.25) is 0 Å². The number of hydrogen-bond acceptors (Lipinski definition) is 5. The van der Waals surface area contributed by atoms with Gasteiger partial charge in [0.05, 0.1) is 21.3 Å². The first-order chi connectivity index (χ1) is 11.1. The van der Waals surface area contributed by atoms with E-state index >= 15 is 0 Å². The molecule has 0 amide bonds. The fraction of sp³-hybridized carbons (Fsp3) is 0.294. The van der Waals surface area contributed by atoms with Gasteiger partial charge in [-0.1, -0.05) is 6.92 Å². The highest BCUT2D eigenvalue weighted by Gasteiger charge is 2.23. The molecular weight excluding hydrogens is 296 g/mol. The van der Waals surface area contributed by atoms with Crippen LogP contribution in [0, 0.1) is 5.39 Å². The van der Waals surface area contributed by atoms with E-state index in [9.17, 15) is 5.11 Å². The summed E-state index contributed by atoms with van der Waals surface area (Å²) in [6.07, 6.45) is 0.687. The SMILES string of the molecule is CCc1cc(O)c([N+]#N)cc1-c1ccc(OC)c(OC)c1OC. The van der Waals surface area contributed by atoms with E-state index in [-0.39, 0.29) is 11.4 Å². The van der Waals surface area contributed by atoms with Gasteiger partial charge < -0.3 is 19.3 Å². The maximum Gasteiger partial charge on any atom is 0.426 e. The lowest BCUT2D eigenvalue weighted by Gasteiger charge is -2.17. The number of diazo groups is 1. The van der Waals surface area contributed by atoms with Gasteiger partial charge in [0.15, 0.2) is 16.5 Å². The van der Waals surface area contributed by atoms with Gasteiger partial charge >= 0.3 is 5.69 Å². The molecule has 6 nitrogen and oxygen atoms in total. The van der Waals surface area contributed by atoms with E-state index in [2.05, 4.69) is 4.98 Å². The molecular formula is C17H19N2O4+. The van der Waals surface area contributed by atoms with Crippen LogP contribution in [0.4, 0.5) is 5.69 Å². The van der Waals surface area contributed by atoms with Crippen molar-refractivity contribution in [2.24, 2.45) is 0 Å². The zero-order valence-electron chi connectivity index (χ0n) is 13.6. The Morgan fingerprint density at radius 2 is 1.70 bits per heavy atom. The predicted molar refractivity (Wildman–Crippen MR) is 87.3 cm³/mol. The average Bonchev–Trinajstić information content (AvgIpc) is 2.59. The van der Waals surface area contributed by atoms with Gasteiger partial charge in [0.2, 0.25) is 16.9 Å². The largest absolute Gasteiger partial charge is 0.501 e. The van der Waals surface area contributed by atoms with Crippen LogP contribution >= 0.6 is 0 Å². The average molecular weight is 315 g/mol. The van der Waals surface area contributed by atoms with Crippen LogP contribution in [0.25, 0.3) is 16.1 Å². The monoisotopic (exact) mass is 315 g/mol. The molecule has 2 aromatic carbocycles. The third-order valence-electron chi connectivity index (χ3n) is 3.68. The van der Waals surface area contributed by atoms with Crippen molar-refractivity contribution < 1.29 is 19.3 Å². The topological polar surface area (TPSA) is 76.1 Å². The van der Waals surface area contributed by atoms with Gasteiger partial charge in [-0.2, -0.15) is 0 Å². The Morgan fingerprint density at radius 1 is 1.00 bits per heavy atom.